The molecular formula is C41H70NO10P. The number of carboxylic acids is 1. The summed E-state index contributed by atoms with van der Waals surface area (Å²) in [6.45, 7) is 2.65. The van der Waals surface area contributed by atoms with Gasteiger partial charge in [0.05, 0.1) is 13.2 Å². The maximum Gasteiger partial charge on any atom is 0.472 e. The minimum Gasteiger partial charge on any atom is -0.480 e. The number of carboxylic acid groups (broad SMARTS) is 1. The zero-order chi connectivity index (χ0) is 39.3. The number of esters is 2. The van der Waals surface area contributed by atoms with Gasteiger partial charge in [0.1, 0.15) is 12.6 Å². The monoisotopic (exact) mass is 767 g/mol. The van der Waals surface area contributed by atoms with E-state index < -0.39 is 51.1 Å². The largest absolute Gasteiger partial charge is 0.480 e. The molecule has 0 amide bonds. The first-order valence-electron chi connectivity index (χ1n) is 19.8. The van der Waals surface area contributed by atoms with Gasteiger partial charge in [0.15, 0.2) is 6.10 Å². The Kier molecular flexibility index (Phi) is 34.2. The van der Waals surface area contributed by atoms with Crippen LogP contribution in [0.5, 0.6) is 0 Å². The Morgan fingerprint density at radius 1 is 0.585 bits per heavy atom. The molecule has 0 aromatic carbocycles. The Hall–Kier alpha value is -2.82. The number of phosphoric acid groups is 1. The summed E-state index contributed by atoms with van der Waals surface area (Å²) in [7, 11) is -4.73. The van der Waals surface area contributed by atoms with Crippen molar-refractivity contribution in [2.24, 2.45) is 5.73 Å². The lowest BCUT2D eigenvalue weighted by molar-refractivity contribution is -0.161. The molecule has 0 aliphatic rings. The van der Waals surface area contributed by atoms with Gasteiger partial charge in [-0.25, -0.2) is 4.57 Å². The van der Waals surface area contributed by atoms with E-state index >= 15 is 0 Å². The third-order valence-electron chi connectivity index (χ3n) is 7.99. The van der Waals surface area contributed by atoms with Crippen molar-refractivity contribution in [2.45, 2.75) is 161 Å². The normalized spacial score (nSPS) is 14.5. The second-order valence-electron chi connectivity index (χ2n) is 13.1. The first-order valence-corrected chi connectivity index (χ1v) is 21.3. The van der Waals surface area contributed by atoms with Crippen LogP contribution >= 0.6 is 7.82 Å². The number of unbranched alkanes of at least 4 members (excludes halogenated alkanes) is 12. The zero-order valence-electron chi connectivity index (χ0n) is 32.6. The van der Waals surface area contributed by atoms with Crippen LogP contribution in [-0.4, -0.2) is 59.9 Å². The summed E-state index contributed by atoms with van der Waals surface area (Å²) < 4.78 is 32.5. The van der Waals surface area contributed by atoms with Crippen LogP contribution in [0, 0.1) is 0 Å². The Morgan fingerprint density at radius 3 is 1.58 bits per heavy atom. The molecule has 4 N–H and O–H groups in total. The van der Waals surface area contributed by atoms with Gasteiger partial charge in [-0.15, -0.1) is 0 Å². The van der Waals surface area contributed by atoms with E-state index in [0.29, 0.717) is 12.8 Å². The van der Waals surface area contributed by atoms with Crippen LogP contribution in [0.25, 0.3) is 0 Å². The number of carbonyl (C=O) groups is 3. The number of phosphoric ester groups is 1. The quantitative estimate of drug-likeness (QED) is 0.0240. The summed E-state index contributed by atoms with van der Waals surface area (Å²) in [5.41, 5.74) is 5.32. The number of allylic oxidation sites excluding steroid dienone is 10. The van der Waals surface area contributed by atoms with Crippen molar-refractivity contribution in [1.29, 1.82) is 0 Å². The number of rotatable bonds is 36. The molecule has 53 heavy (non-hydrogen) atoms. The molecule has 11 nitrogen and oxygen atoms in total. The van der Waals surface area contributed by atoms with Crippen LogP contribution in [-0.2, 0) is 37.5 Å². The molecule has 3 atom stereocenters. The van der Waals surface area contributed by atoms with Gasteiger partial charge in [0.2, 0.25) is 0 Å². The van der Waals surface area contributed by atoms with E-state index in [1.807, 2.05) is 0 Å². The highest BCUT2D eigenvalue weighted by atomic mass is 31.2. The minimum atomic E-state index is -4.73. The lowest BCUT2D eigenvalue weighted by Crippen LogP contribution is -2.34. The third-order valence-corrected chi connectivity index (χ3v) is 8.94. The van der Waals surface area contributed by atoms with Crippen molar-refractivity contribution in [1.82, 2.24) is 0 Å². The molecule has 0 radical (unpaired) electrons. The molecule has 0 aromatic heterocycles. The predicted molar refractivity (Wildman–Crippen MR) is 212 cm³/mol. The van der Waals surface area contributed by atoms with Crippen molar-refractivity contribution in [3.8, 4) is 0 Å². The van der Waals surface area contributed by atoms with Gasteiger partial charge in [-0.1, -0.05) is 120 Å². The summed E-state index contributed by atoms with van der Waals surface area (Å²) in [4.78, 5) is 45.8. The molecule has 304 valence electrons. The number of hydrogen-bond acceptors (Lipinski definition) is 9. The molecule has 0 aromatic rings. The first-order chi connectivity index (χ1) is 25.6. The summed E-state index contributed by atoms with van der Waals surface area (Å²) in [5, 5.41) is 8.86. The molecule has 0 aliphatic carbocycles. The van der Waals surface area contributed by atoms with Crippen LogP contribution in [0.4, 0.5) is 0 Å². The van der Waals surface area contributed by atoms with Gasteiger partial charge in [-0.05, 0) is 77.0 Å². The van der Waals surface area contributed by atoms with Gasteiger partial charge in [0, 0.05) is 12.8 Å². The molecule has 0 saturated heterocycles. The molecule has 1 unspecified atom stereocenters. The van der Waals surface area contributed by atoms with Crippen LogP contribution in [0.3, 0.4) is 0 Å². The fraction of sp³-hybridized carbons (Fsp3) is 0.683. The van der Waals surface area contributed by atoms with Gasteiger partial charge in [-0.2, -0.15) is 0 Å². The molecule has 12 heteroatoms. The van der Waals surface area contributed by atoms with Crippen molar-refractivity contribution >= 4 is 25.7 Å². The molecule has 0 rings (SSSR count). The van der Waals surface area contributed by atoms with Crippen molar-refractivity contribution in [2.75, 3.05) is 19.8 Å². The lowest BCUT2D eigenvalue weighted by atomic mass is 10.1. The summed E-state index contributed by atoms with van der Waals surface area (Å²) in [6.07, 6.45) is 40.0. The van der Waals surface area contributed by atoms with E-state index in [-0.39, 0.29) is 19.4 Å². The third kappa shape index (κ3) is 36.0. The van der Waals surface area contributed by atoms with E-state index in [9.17, 15) is 23.8 Å². The van der Waals surface area contributed by atoms with Gasteiger partial charge < -0.3 is 25.2 Å². The Bertz CT molecular complexity index is 1130. The second kappa shape index (κ2) is 36.2. The Balaban J connectivity index is 4.53. The average molecular weight is 768 g/mol. The number of carbonyl (C=O) groups excluding carboxylic acids is 2. The summed E-state index contributed by atoms with van der Waals surface area (Å²) >= 11 is 0. The maximum absolute atomic E-state index is 12.6. The minimum absolute atomic E-state index is 0.107. The zero-order valence-corrected chi connectivity index (χ0v) is 33.5. The Labute approximate surface area is 319 Å². The van der Waals surface area contributed by atoms with E-state index in [2.05, 4.69) is 79.1 Å². The van der Waals surface area contributed by atoms with E-state index in [4.69, 9.17) is 24.8 Å². The van der Waals surface area contributed by atoms with Crippen LogP contribution in [0.15, 0.2) is 60.8 Å². The molecule has 0 aliphatic heterocycles. The van der Waals surface area contributed by atoms with Crippen LogP contribution < -0.4 is 5.73 Å². The van der Waals surface area contributed by atoms with Crippen LogP contribution in [0.1, 0.15) is 149 Å². The van der Waals surface area contributed by atoms with E-state index in [0.717, 1.165) is 77.0 Å². The smallest absolute Gasteiger partial charge is 0.472 e. The molecule has 0 bridgehead atoms. The molecule has 0 fully saturated rings. The van der Waals surface area contributed by atoms with Gasteiger partial charge >= 0.3 is 25.7 Å². The molecular weight excluding hydrogens is 697 g/mol. The van der Waals surface area contributed by atoms with E-state index in [1.165, 1.54) is 32.1 Å². The average Bonchev–Trinajstić information content (AvgIpc) is 3.13. The Morgan fingerprint density at radius 2 is 1.02 bits per heavy atom. The number of hydrogen-bond donors (Lipinski definition) is 3. The topological polar surface area (TPSA) is 172 Å². The highest BCUT2D eigenvalue weighted by molar-refractivity contribution is 7.47. The highest BCUT2D eigenvalue weighted by Gasteiger charge is 2.28. The standard InChI is InChI=1S/C41H70NO10P/c1-3-5-7-9-11-13-15-17-19-21-23-25-27-29-31-33-40(44)52-37(35-50-53(47,48)51-36-38(42)41(45)46)34-49-39(43)32-30-28-26-24-22-20-18-16-14-12-10-8-6-4-2/h10-13,16-19,23,25,37-38H,3-9,14-15,20-22,24,26-36,42H2,1-2H3,(H,45,46)(H,47,48)/b12-10+,13-11+,18-16+,19-17+,25-23+/t37-,38+/m1/s1. The summed E-state index contributed by atoms with van der Waals surface area (Å²) in [6, 6.07) is -1.53. The SMILES string of the molecule is CCCC/C=C/C/C=C/CCCCCCCC(=O)OC[C@H](COP(=O)(O)OC[C@H](N)C(=O)O)OC(=O)CCCC/C=C/C/C=C/C/C=C/CCCCC. The fourth-order valence-corrected chi connectivity index (χ4v) is 5.57. The van der Waals surface area contributed by atoms with Crippen molar-refractivity contribution < 1.29 is 47.5 Å². The predicted octanol–water partition coefficient (Wildman–Crippen LogP) is 10.00. The molecule has 0 spiro atoms. The first kappa shape index (κ1) is 50.2. The summed E-state index contributed by atoms with van der Waals surface area (Å²) in [5.74, 6) is -2.46. The maximum atomic E-state index is 12.6. The lowest BCUT2D eigenvalue weighted by Gasteiger charge is -2.20. The number of nitrogens with two attached hydrogens (primary N) is 1. The molecule has 0 saturated carbocycles. The number of aliphatic carboxylic acids is 1. The van der Waals surface area contributed by atoms with Gasteiger partial charge in [0.25, 0.3) is 0 Å². The van der Waals surface area contributed by atoms with Crippen molar-refractivity contribution in [3.63, 3.8) is 0 Å². The highest BCUT2D eigenvalue weighted by Crippen LogP contribution is 2.43. The van der Waals surface area contributed by atoms with E-state index in [1.54, 1.807) is 0 Å². The molecule has 0 heterocycles. The van der Waals surface area contributed by atoms with Crippen LogP contribution in [0.2, 0.25) is 0 Å². The second-order valence-corrected chi connectivity index (χ2v) is 14.5. The van der Waals surface area contributed by atoms with Crippen molar-refractivity contribution in [3.05, 3.63) is 60.8 Å². The van der Waals surface area contributed by atoms with Gasteiger partial charge in [-0.3, -0.25) is 23.4 Å². The fourth-order valence-electron chi connectivity index (χ4n) is 4.79. The number of ether oxygens (including phenoxy) is 2.